The Hall–Kier alpha value is -0.940. The molecule has 0 spiro atoms. The van der Waals surface area contributed by atoms with Crippen LogP contribution < -0.4 is 10.6 Å². The van der Waals surface area contributed by atoms with Crippen molar-refractivity contribution in [3.8, 4) is 0 Å². The third-order valence-electron chi connectivity index (χ3n) is 2.98. The smallest absolute Gasteiger partial charge is 0.221 e. The Morgan fingerprint density at radius 2 is 2.47 bits per heavy atom. The van der Waals surface area contributed by atoms with Crippen LogP contribution in [0.5, 0.6) is 0 Å². The van der Waals surface area contributed by atoms with E-state index in [2.05, 4.69) is 27.9 Å². The summed E-state index contributed by atoms with van der Waals surface area (Å²) >= 11 is 1.68. The van der Waals surface area contributed by atoms with Gasteiger partial charge in [0.2, 0.25) is 5.91 Å². The number of amides is 1. The van der Waals surface area contributed by atoms with Crippen molar-refractivity contribution in [1.29, 1.82) is 0 Å². The molecular formula is C12H19N3OS. The molecule has 2 N–H and O–H groups in total. The molecule has 2 rings (SSSR count). The molecule has 2 heterocycles. The minimum atomic E-state index is 0.155. The molecule has 0 radical (unpaired) electrons. The highest BCUT2D eigenvalue weighted by Crippen LogP contribution is 2.19. The van der Waals surface area contributed by atoms with Crippen molar-refractivity contribution in [2.75, 3.05) is 6.54 Å². The third-order valence-corrected chi connectivity index (χ3v) is 4.12. The Labute approximate surface area is 106 Å². The standard InChI is InChI=1S/C12H19N3OS/c1-8-7-17-12(14-8)9(2)15-10-4-3-5-13-11(16)6-10/h7,9-10,15H,3-6H2,1-2H3,(H,13,16). The van der Waals surface area contributed by atoms with E-state index in [-0.39, 0.29) is 18.0 Å². The van der Waals surface area contributed by atoms with Crippen molar-refractivity contribution < 1.29 is 4.79 Å². The Kier molecular flexibility index (Phi) is 4.12. The molecule has 17 heavy (non-hydrogen) atoms. The molecule has 1 amide bonds. The van der Waals surface area contributed by atoms with Crippen LogP contribution in [0, 0.1) is 6.92 Å². The number of carbonyl (C=O) groups is 1. The van der Waals surface area contributed by atoms with E-state index in [1.165, 1.54) is 0 Å². The lowest BCUT2D eigenvalue weighted by atomic mass is 10.1. The number of aryl methyl sites for hydroxylation is 1. The predicted molar refractivity (Wildman–Crippen MR) is 69.1 cm³/mol. The van der Waals surface area contributed by atoms with Crippen molar-refractivity contribution in [1.82, 2.24) is 15.6 Å². The van der Waals surface area contributed by atoms with Gasteiger partial charge in [0.15, 0.2) is 0 Å². The molecule has 2 unspecified atom stereocenters. The van der Waals surface area contributed by atoms with Gasteiger partial charge in [-0.1, -0.05) is 0 Å². The van der Waals surface area contributed by atoms with Gasteiger partial charge in [0.25, 0.3) is 0 Å². The third kappa shape index (κ3) is 3.51. The number of hydrogen-bond donors (Lipinski definition) is 2. The Bertz CT molecular complexity index is 391. The van der Waals surface area contributed by atoms with Gasteiger partial charge in [-0.15, -0.1) is 11.3 Å². The summed E-state index contributed by atoms with van der Waals surface area (Å²) in [5, 5.41) is 9.57. The van der Waals surface area contributed by atoms with Crippen molar-refractivity contribution in [2.24, 2.45) is 0 Å². The highest BCUT2D eigenvalue weighted by molar-refractivity contribution is 7.09. The molecule has 1 aliphatic rings. The number of nitrogens with zero attached hydrogens (tertiary/aromatic N) is 1. The topological polar surface area (TPSA) is 54.0 Å². The van der Waals surface area contributed by atoms with Crippen LogP contribution in [0.25, 0.3) is 0 Å². The van der Waals surface area contributed by atoms with Gasteiger partial charge in [0.05, 0.1) is 6.04 Å². The van der Waals surface area contributed by atoms with Crippen LogP contribution in [0.1, 0.15) is 42.9 Å². The first-order valence-electron chi connectivity index (χ1n) is 6.10. The highest BCUT2D eigenvalue weighted by atomic mass is 32.1. The van der Waals surface area contributed by atoms with Crippen LogP contribution in [0.2, 0.25) is 0 Å². The second kappa shape index (κ2) is 5.60. The fourth-order valence-corrected chi connectivity index (χ4v) is 2.93. The summed E-state index contributed by atoms with van der Waals surface area (Å²) < 4.78 is 0. The number of thiazole rings is 1. The van der Waals surface area contributed by atoms with Gasteiger partial charge in [-0.3, -0.25) is 4.79 Å². The second-order valence-electron chi connectivity index (χ2n) is 4.61. The zero-order valence-corrected chi connectivity index (χ0v) is 11.1. The fraction of sp³-hybridized carbons (Fsp3) is 0.667. The van der Waals surface area contributed by atoms with Crippen molar-refractivity contribution >= 4 is 17.2 Å². The molecule has 94 valence electrons. The monoisotopic (exact) mass is 253 g/mol. The molecule has 0 bridgehead atoms. The van der Waals surface area contributed by atoms with E-state index < -0.39 is 0 Å². The zero-order valence-electron chi connectivity index (χ0n) is 10.3. The van der Waals surface area contributed by atoms with Crippen LogP contribution in [0.4, 0.5) is 0 Å². The normalized spacial score (nSPS) is 22.9. The number of nitrogens with one attached hydrogen (secondary N) is 2. The SMILES string of the molecule is Cc1csc(C(C)NC2CCCNC(=O)C2)n1. The van der Waals surface area contributed by atoms with Gasteiger partial charge in [-0.25, -0.2) is 4.98 Å². The van der Waals surface area contributed by atoms with Crippen molar-refractivity contribution in [2.45, 2.75) is 45.2 Å². The first kappa shape index (κ1) is 12.5. The summed E-state index contributed by atoms with van der Waals surface area (Å²) in [6.07, 6.45) is 2.68. The molecule has 0 aliphatic carbocycles. The quantitative estimate of drug-likeness (QED) is 0.863. The van der Waals surface area contributed by atoms with Gasteiger partial charge >= 0.3 is 0 Å². The van der Waals surface area contributed by atoms with Gasteiger partial charge in [0, 0.05) is 30.1 Å². The van der Waals surface area contributed by atoms with Gasteiger partial charge in [-0.05, 0) is 26.7 Å². The van der Waals surface area contributed by atoms with E-state index in [0.29, 0.717) is 6.42 Å². The lowest BCUT2D eigenvalue weighted by Crippen LogP contribution is -2.34. The molecule has 5 heteroatoms. The molecular weight excluding hydrogens is 234 g/mol. The summed E-state index contributed by atoms with van der Waals surface area (Å²) in [5.41, 5.74) is 1.07. The number of aromatic nitrogens is 1. The Morgan fingerprint density at radius 3 is 3.18 bits per heavy atom. The minimum absolute atomic E-state index is 0.155. The summed E-state index contributed by atoms with van der Waals surface area (Å²) in [5.74, 6) is 0.155. The lowest BCUT2D eigenvalue weighted by molar-refractivity contribution is -0.121. The van der Waals surface area contributed by atoms with E-state index in [4.69, 9.17) is 0 Å². The number of rotatable bonds is 3. The molecule has 0 saturated carbocycles. The van der Waals surface area contributed by atoms with E-state index in [9.17, 15) is 4.79 Å². The van der Waals surface area contributed by atoms with Gasteiger partial charge in [0.1, 0.15) is 5.01 Å². The molecule has 4 nitrogen and oxygen atoms in total. The molecule has 1 aromatic heterocycles. The lowest BCUT2D eigenvalue weighted by Gasteiger charge is -2.19. The van der Waals surface area contributed by atoms with E-state index >= 15 is 0 Å². The van der Waals surface area contributed by atoms with Crippen LogP contribution in [-0.4, -0.2) is 23.5 Å². The average Bonchev–Trinajstić information content (AvgIpc) is 2.61. The second-order valence-corrected chi connectivity index (χ2v) is 5.50. The zero-order chi connectivity index (χ0) is 12.3. The molecule has 0 aromatic carbocycles. The Balaban J connectivity index is 1.93. The van der Waals surface area contributed by atoms with E-state index in [1.54, 1.807) is 11.3 Å². The maximum atomic E-state index is 11.5. The fourth-order valence-electron chi connectivity index (χ4n) is 2.11. The van der Waals surface area contributed by atoms with Crippen LogP contribution in [-0.2, 0) is 4.79 Å². The van der Waals surface area contributed by atoms with Crippen molar-refractivity contribution in [3.63, 3.8) is 0 Å². The van der Waals surface area contributed by atoms with Crippen LogP contribution >= 0.6 is 11.3 Å². The first-order chi connectivity index (χ1) is 8.15. The average molecular weight is 253 g/mol. The van der Waals surface area contributed by atoms with E-state index in [1.807, 2.05) is 6.92 Å². The molecule has 1 saturated heterocycles. The summed E-state index contributed by atoms with van der Waals surface area (Å²) in [7, 11) is 0. The van der Waals surface area contributed by atoms with E-state index in [0.717, 1.165) is 30.1 Å². The number of carbonyl (C=O) groups excluding carboxylic acids is 1. The first-order valence-corrected chi connectivity index (χ1v) is 6.98. The predicted octanol–water partition coefficient (Wildman–Crippen LogP) is 1.77. The maximum Gasteiger partial charge on any atom is 0.221 e. The maximum absolute atomic E-state index is 11.5. The highest BCUT2D eigenvalue weighted by Gasteiger charge is 2.20. The Morgan fingerprint density at radius 1 is 1.65 bits per heavy atom. The largest absolute Gasteiger partial charge is 0.356 e. The minimum Gasteiger partial charge on any atom is -0.356 e. The van der Waals surface area contributed by atoms with Crippen LogP contribution in [0.3, 0.4) is 0 Å². The molecule has 1 aromatic rings. The molecule has 1 fully saturated rings. The summed E-state index contributed by atoms with van der Waals surface area (Å²) in [6.45, 7) is 4.93. The van der Waals surface area contributed by atoms with Crippen molar-refractivity contribution in [3.05, 3.63) is 16.1 Å². The molecule has 2 atom stereocenters. The van der Waals surface area contributed by atoms with Gasteiger partial charge in [-0.2, -0.15) is 0 Å². The van der Waals surface area contributed by atoms with Crippen LogP contribution in [0.15, 0.2) is 5.38 Å². The summed E-state index contributed by atoms with van der Waals surface area (Å²) in [6, 6.07) is 0.501. The molecule has 1 aliphatic heterocycles. The summed E-state index contributed by atoms with van der Waals surface area (Å²) in [4.78, 5) is 15.9. The van der Waals surface area contributed by atoms with Gasteiger partial charge < -0.3 is 10.6 Å². The number of hydrogen-bond acceptors (Lipinski definition) is 4.